The molecule has 6 heteroatoms. The number of rotatable bonds is 2. The second-order valence-corrected chi connectivity index (χ2v) is 6.26. The van der Waals surface area contributed by atoms with Crippen LogP contribution >= 0.6 is 15.9 Å². The zero-order valence-corrected chi connectivity index (χ0v) is 13.1. The fourth-order valence-electron chi connectivity index (χ4n) is 2.63. The summed E-state index contributed by atoms with van der Waals surface area (Å²) in [6, 6.07) is 4.61. The molecule has 1 aliphatic rings. The molecule has 1 saturated heterocycles. The molecule has 0 radical (unpaired) electrons. The molecule has 1 aromatic rings. The molecule has 1 aromatic carbocycles. The highest BCUT2D eigenvalue weighted by molar-refractivity contribution is 9.10. The molecule has 0 aliphatic carbocycles. The molecule has 1 heterocycles. The van der Waals surface area contributed by atoms with Crippen LogP contribution in [-0.2, 0) is 6.18 Å². The third-order valence-electron chi connectivity index (χ3n) is 3.80. The Morgan fingerprint density at radius 1 is 1.20 bits per heavy atom. The average Bonchev–Trinajstić information content (AvgIpc) is 2.37. The molecule has 0 spiro atoms. The van der Waals surface area contributed by atoms with Crippen LogP contribution in [0.25, 0.3) is 0 Å². The van der Waals surface area contributed by atoms with Gasteiger partial charge in [-0.15, -0.1) is 0 Å². The van der Waals surface area contributed by atoms with E-state index in [0.717, 1.165) is 18.9 Å². The molecule has 0 bridgehead atoms. The number of hydrogen-bond acceptors (Lipinski definition) is 2. The highest BCUT2D eigenvalue weighted by Crippen LogP contribution is 2.39. The molecule has 0 amide bonds. The van der Waals surface area contributed by atoms with E-state index in [9.17, 15) is 13.2 Å². The van der Waals surface area contributed by atoms with Crippen molar-refractivity contribution in [1.29, 1.82) is 0 Å². The predicted molar refractivity (Wildman–Crippen MR) is 78.1 cm³/mol. The lowest BCUT2D eigenvalue weighted by atomic mass is 10.0. The van der Waals surface area contributed by atoms with Crippen LogP contribution in [0.15, 0.2) is 22.7 Å². The maximum Gasteiger partial charge on any atom is 0.418 e. The van der Waals surface area contributed by atoms with Gasteiger partial charge in [-0.2, -0.15) is 13.2 Å². The van der Waals surface area contributed by atoms with Gasteiger partial charge in [-0.25, -0.2) is 0 Å². The number of piperidine rings is 1. The third-order valence-corrected chi connectivity index (χ3v) is 4.29. The van der Waals surface area contributed by atoms with Crippen molar-refractivity contribution < 1.29 is 13.2 Å². The van der Waals surface area contributed by atoms with Gasteiger partial charge >= 0.3 is 6.18 Å². The topological polar surface area (TPSA) is 6.48 Å². The fourth-order valence-corrected chi connectivity index (χ4v) is 2.98. The minimum absolute atomic E-state index is 0.282. The summed E-state index contributed by atoms with van der Waals surface area (Å²) < 4.78 is 39.9. The molecule has 0 atom stereocenters. The van der Waals surface area contributed by atoms with Gasteiger partial charge < -0.3 is 9.80 Å². The van der Waals surface area contributed by atoms with E-state index in [4.69, 9.17) is 0 Å². The van der Waals surface area contributed by atoms with E-state index in [-0.39, 0.29) is 5.69 Å². The van der Waals surface area contributed by atoms with Crippen LogP contribution in [0, 0.1) is 0 Å². The van der Waals surface area contributed by atoms with Gasteiger partial charge in [-0.1, -0.05) is 15.9 Å². The number of hydrogen-bond donors (Lipinski definition) is 0. The number of nitrogens with zero attached hydrogens (tertiary/aromatic N) is 2. The lowest BCUT2D eigenvalue weighted by Crippen LogP contribution is -2.42. The van der Waals surface area contributed by atoms with Crippen molar-refractivity contribution in [3.05, 3.63) is 28.2 Å². The highest BCUT2D eigenvalue weighted by Gasteiger charge is 2.35. The Morgan fingerprint density at radius 3 is 2.30 bits per heavy atom. The van der Waals surface area contributed by atoms with Gasteiger partial charge in [0, 0.05) is 23.6 Å². The molecule has 1 aliphatic heterocycles. The Hall–Kier alpha value is -0.750. The summed E-state index contributed by atoms with van der Waals surface area (Å²) in [5, 5.41) is 0. The zero-order chi connectivity index (χ0) is 14.9. The van der Waals surface area contributed by atoms with Crippen molar-refractivity contribution in [2.45, 2.75) is 25.1 Å². The Balaban J connectivity index is 2.23. The summed E-state index contributed by atoms with van der Waals surface area (Å²) in [5.41, 5.74) is -0.270. The summed E-state index contributed by atoms with van der Waals surface area (Å²) >= 11 is 3.26. The Morgan fingerprint density at radius 2 is 1.80 bits per heavy atom. The number of alkyl halides is 3. The van der Waals surface area contributed by atoms with Crippen LogP contribution in [0.2, 0.25) is 0 Å². The van der Waals surface area contributed by atoms with E-state index in [0.29, 0.717) is 23.6 Å². The molecule has 0 unspecified atom stereocenters. The zero-order valence-electron chi connectivity index (χ0n) is 11.5. The van der Waals surface area contributed by atoms with Gasteiger partial charge in [0.05, 0.1) is 11.3 Å². The number of benzene rings is 1. The van der Waals surface area contributed by atoms with Gasteiger partial charge in [-0.3, -0.25) is 0 Å². The van der Waals surface area contributed by atoms with Crippen molar-refractivity contribution in [3.8, 4) is 0 Å². The van der Waals surface area contributed by atoms with Gasteiger partial charge in [0.1, 0.15) is 0 Å². The lowest BCUT2D eigenvalue weighted by molar-refractivity contribution is -0.137. The summed E-state index contributed by atoms with van der Waals surface area (Å²) in [5.74, 6) is 0. The maximum atomic E-state index is 13.1. The van der Waals surface area contributed by atoms with Crippen LogP contribution in [0.1, 0.15) is 18.4 Å². The standard InChI is InChI=1S/C14H18BrF3N2/c1-19(2)11-5-7-20(8-6-11)13-9-10(15)3-4-12(13)14(16,17)18/h3-4,9,11H,5-8H2,1-2H3. The molecule has 2 rings (SSSR count). The normalized spacial score (nSPS) is 17.9. The van der Waals surface area contributed by atoms with Gasteiger partial charge in [0.25, 0.3) is 0 Å². The van der Waals surface area contributed by atoms with Crippen molar-refractivity contribution in [1.82, 2.24) is 4.90 Å². The van der Waals surface area contributed by atoms with Crippen molar-refractivity contribution >= 4 is 21.6 Å². The number of anilines is 1. The van der Waals surface area contributed by atoms with Crippen molar-refractivity contribution in [3.63, 3.8) is 0 Å². The van der Waals surface area contributed by atoms with Crippen LogP contribution in [0.4, 0.5) is 18.9 Å². The first-order chi connectivity index (χ1) is 9.29. The van der Waals surface area contributed by atoms with Crippen molar-refractivity contribution in [2.24, 2.45) is 0 Å². The average molecular weight is 351 g/mol. The minimum atomic E-state index is -4.31. The van der Waals surface area contributed by atoms with Crippen molar-refractivity contribution in [2.75, 3.05) is 32.1 Å². The molecule has 0 N–H and O–H groups in total. The molecular formula is C14H18BrF3N2. The Bertz CT molecular complexity index is 466. The first-order valence-electron chi connectivity index (χ1n) is 6.57. The second-order valence-electron chi connectivity index (χ2n) is 5.34. The van der Waals surface area contributed by atoms with E-state index in [1.165, 1.54) is 6.07 Å². The minimum Gasteiger partial charge on any atom is -0.371 e. The molecule has 0 aromatic heterocycles. The fraction of sp³-hybridized carbons (Fsp3) is 0.571. The molecule has 0 saturated carbocycles. The molecule has 1 fully saturated rings. The quantitative estimate of drug-likeness (QED) is 0.795. The largest absolute Gasteiger partial charge is 0.418 e. The third kappa shape index (κ3) is 3.47. The van der Waals surface area contributed by atoms with E-state index in [2.05, 4.69) is 20.8 Å². The molecular weight excluding hydrogens is 333 g/mol. The van der Waals surface area contributed by atoms with E-state index >= 15 is 0 Å². The molecule has 20 heavy (non-hydrogen) atoms. The van der Waals surface area contributed by atoms with Crippen LogP contribution in [0.5, 0.6) is 0 Å². The monoisotopic (exact) mass is 350 g/mol. The highest BCUT2D eigenvalue weighted by atomic mass is 79.9. The lowest BCUT2D eigenvalue weighted by Gasteiger charge is -2.37. The summed E-state index contributed by atoms with van der Waals surface area (Å²) in [4.78, 5) is 3.98. The van der Waals surface area contributed by atoms with E-state index < -0.39 is 11.7 Å². The van der Waals surface area contributed by atoms with Crippen LogP contribution in [-0.4, -0.2) is 38.1 Å². The van der Waals surface area contributed by atoms with Crippen LogP contribution in [0.3, 0.4) is 0 Å². The molecule has 112 valence electrons. The van der Waals surface area contributed by atoms with E-state index in [1.807, 2.05) is 19.0 Å². The number of halogens is 4. The van der Waals surface area contributed by atoms with Crippen LogP contribution < -0.4 is 4.90 Å². The van der Waals surface area contributed by atoms with Gasteiger partial charge in [0.15, 0.2) is 0 Å². The Labute approximate surface area is 125 Å². The first kappa shape index (κ1) is 15.6. The summed E-state index contributed by atoms with van der Waals surface area (Å²) in [6.45, 7) is 1.31. The SMILES string of the molecule is CN(C)C1CCN(c2cc(Br)ccc2C(F)(F)F)CC1. The first-order valence-corrected chi connectivity index (χ1v) is 7.36. The summed E-state index contributed by atoms with van der Waals surface area (Å²) in [7, 11) is 4.03. The second kappa shape index (κ2) is 5.93. The van der Waals surface area contributed by atoms with Gasteiger partial charge in [-0.05, 0) is 45.1 Å². The Kier molecular flexibility index (Phi) is 4.64. The predicted octanol–water partition coefficient (Wildman–Crippen LogP) is 4.00. The smallest absolute Gasteiger partial charge is 0.371 e. The summed E-state index contributed by atoms with van der Waals surface area (Å²) in [6.07, 6.45) is -2.54. The van der Waals surface area contributed by atoms with E-state index in [1.54, 1.807) is 6.07 Å². The van der Waals surface area contributed by atoms with Gasteiger partial charge in [0.2, 0.25) is 0 Å². The maximum absolute atomic E-state index is 13.1. The molecule has 2 nitrogen and oxygen atoms in total.